The van der Waals surface area contributed by atoms with Crippen molar-refractivity contribution in [3.05, 3.63) is 58.4 Å². The number of rotatable bonds is 4. The van der Waals surface area contributed by atoms with Gasteiger partial charge in [0, 0.05) is 31.1 Å². The molecule has 1 amide bonds. The van der Waals surface area contributed by atoms with E-state index in [4.69, 9.17) is 4.74 Å². The van der Waals surface area contributed by atoms with E-state index in [1.165, 1.54) is 12.1 Å². The lowest BCUT2D eigenvalue weighted by Crippen LogP contribution is -2.46. The summed E-state index contributed by atoms with van der Waals surface area (Å²) in [4.78, 5) is 26.0. The van der Waals surface area contributed by atoms with Crippen molar-refractivity contribution in [2.45, 2.75) is 51.2 Å². The van der Waals surface area contributed by atoms with Crippen molar-refractivity contribution in [3.8, 4) is 23.3 Å². The maximum atomic E-state index is 15.4. The highest BCUT2D eigenvalue weighted by Crippen LogP contribution is 2.35. The quantitative estimate of drug-likeness (QED) is 0.681. The smallest absolute Gasteiger partial charge is 0.251 e. The second-order valence-corrected chi connectivity index (χ2v) is 9.44. The van der Waals surface area contributed by atoms with Crippen LogP contribution in [0.15, 0.2) is 30.3 Å². The Morgan fingerprint density at radius 1 is 1.22 bits per heavy atom. The molecule has 2 aromatic rings. The number of hydrogen-bond donors (Lipinski definition) is 2. The van der Waals surface area contributed by atoms with Crippen molar-refractivity contribution in [2.75, 3.05) is 19.7 Å². The fourth-order valence-corrected chi connectivity index (χ4v) is 4.83. The van der Waals surface area contributed by atoms with E-state index >= 15 is 4.39 Å². The summed E-state index contributed by atoms with van der Waals surface area (Å²) in [5, 5.41) is 24.8. The van der Waals surface area contributed by atoms with Crippen LogP contribution in [-0.2, 0) is 22.4 Å². The Bertz CT molecular complexity index is 1240. The first-order valence-electron chi connectivity index (χ1n) is 12.3. The molecule has 7 nitrogen and oxygen atoms in total. The molecular formula is C28H29FN4O3. The molecule has 1 aliphatic heterocycles. The van der Waals surface area contributed by atoms with Gasteiger partial charge in [-0.05, 0) is 78.7 Å². The Balaban J connectivity index is 1.66. The third-order valence-corrected chi connectivity index (χ3v) is 6.84. The number of ether oxygens (including phenoxy) is 1. The molecule has 1 heterocycles. The fourth-order valence-electron chi connectivity index (χ4n) is 4.83. The van der Waals surface area contributed by atoms with Crippen LogP contribution in [0.3, 0.4) is 0 Å². The molecule has 36 heavy (non-hydrogen) atoms. The van der Waals surface area contributed by atoms with Gasteiger partial charge in [-0.1, -0.05) is 13.0 Å². The summed E-state index contributed by atoms with van der Waals surface area (Å²) in [6.45, 7) is 3.40. The van der Waals surface area contributed by atoms with Crippen molar-refractivity contribution in [3.63, 3.8) is 0 Å². The number of halogens is 1. The van der Waals surface area contributed by atoms with Crippen LogP contribution in [0.2, 0.25) is 0 Å². The molecule has 2 unspecified atom stereocenters. The first-order valence-corrected chi connectivity index (χ1v) is 12.3. The number of nitrogens with one attached hydrogen (secondary N) is 2. The largest absolute Gasteiger partial charge is 0.367 e. The number of carbonyl (C=O) groups is 2. The molecule has 0 aromatic heterocycles. The number of aryl methyl sites for hydroxylation is 1. The van der Waals surface area contributed by atoms with E-state index in [-0.39, 0.29) is 23.7 Å². The maximum Gasteiger partial charge on any atom is 0.251 e. The first-order chi connectivity index (χ1) is 17.4. The van der Waals surface area contributed by atoms with E-state index in [2.05, 4.69) is 16.7 Å². The molecule has 2 aromatic carbocycles. The number of carbonyl (C=O) groups excluding carboxylic acids is 2. The van der Waals surface area contributed by atoms with Crippen LogP contribution >= 0.6 is 0 Å². The lowest BCUT2D eigenvalue weighted by molar-refractivity contribution is -0.132. The monoisotopic (exact) mass is 488 g/mol. The molecule has 0 radical (unpaired) electrons. The van der Waals surface area contributed by atoms with Gasteiger partial charge in [-0.2, -0.15) is 10.5 Å². The Morgan fingerprint density at radius 2 is 2.06 bits per heavy atom. The number of nitriles is 2. The Labute approximate surface area is 210 Å². The van der Waals surface area contributed by atoms with Crippen LogP contribution in [0, 0.1) is 34.4 Å². The van der Waals surface area contributed by atoms with Crippen LogP contribution in [0.4, 0.5) is 4.39 Å². The number of fused-ring (bicyclic) bond motifs is 3. The zero-order chi connectivity index (χ0) is 25.7. The van der Waals surface area contributed by atoms with E-state index < -0.39 is 23.9 Å². The highest BCUT2D eigenvalue weighted by Gasteiger charge is 2.27. The number of benzene rings is 2. The van der Waals surface area contributed by atoms with Crippen LogP contribution < -0.4 is 10.6 Å². The molecule has 3 atom stereocenters. The minimum absolute atomic E-state index is 0.0800. The van der Waals surface area contributed by atoms with E-state index in [0.29, 0.717) is 42.7 Å². The number of hydrogen-bond acceptors (Lipinski definition) is 6. The highest BCUT2D eigenvalue weighted by atomic mass is 19.1. The topological polar surface area (TPSA) is 115 Å². The van der Waals surface area contributed by atoms with Gasteiger partial charge in [0.2, 0.25) is 0 Å². The van der Waals surface area contributed by atoms with Crippen molar-refractivity contribution in [1.29, 1.82) is 10.5 Å². The summed E-state index contributed by atoms with van der Waals surface area (Å²) < 4.78 is 20.9. The Morgan fingerprint density at radius 3 is 2.83 bits per heavy atom. The van der Waals surface area contributed by atoms with Crippen LogP contribution in [-0.4, -0.2) is 43.5 Å². The third-order valence-electron chi connectivity index (χ3n) is 6.84. The number of nitrogens with zero attached hydrogens (tertiary/aromatic N) is 2. The lowest BCUT2D eigenvalue weighted by atomic mass is 9.87. The van der Waals surface area contributed by atoms with Crippen LogP contribution in [0.1, 0.15) is 53.2 Å². The van der Waals surface area contributed by atoms with Gasteiger partial charge in [-0.3, -0.25) is 9.59 Å². The summed E-state index contributed by atoms with van der Waals surface area (Å²) in [5.41, 5.74) is 3.24. The SMILES string of the molecule is CC1CCCc2cc(C#N)ccc2-c2cc(F)c(CC(C#N)NC(=O)[C@@H]3CNCCCO3)cc2C1=O. The number of ketones is 1. The predicted octanol–water partition coefficient (Wildman–Crippen LogP) is 3.45. The summed E-state index contributed by atoms with van der Waals surface area (Å²) in [5.74, 6) is -1.31. The molecule has 2 N–H and O–H groups in total. The Hall–Kier alpha value is -3.59. The van der Waals surface area contributed by atoms with E-state index in [0.717, 1.165) is 30.5 Å². The van der Waals surface area contributed by atoms with Gasteiger partial charge in [0.25, 0.3) is 5.91 Å². The standard InChI is InChI=1S/C28H29FN4O3/c1-17-4-2-5-19-10-18(14-30)6-7-22(19)23-13-25(29)20(12-24(23)27(17)34)11-21(15-31)33-28(35)26-16-32-8-3-9-36-26/h6-7,10,12-13,17,21,26,32H,2-5,8-9,11,16H2,1H3,(H,33,35)/t17?,21?,26-/m0/s1. The maximum absolute atomic E-state index is 15.4. The summed E-state index contributed by atoms with van der Waals surface area (Å²) >= 11 is 0. The molecule has 186 valence electrons. The normalized spacial score (nSPS) is 20.7. The summed E-state index contributed by atoms with van der Waals surface area (Å²) in [6.07, 6.45) is 2.13. The minimum Gasteiger partial charge on any atom is -0.367 e. The zero-order valence-electron chi connectivity index (χ0n) is 20.3. The molecular weight excluding hydrogens is 459 g/mol. The molecule has 1 saturated heterocycles. The number of Topliss-reactive ketones (excluding diaryl/α,β-unsaturated/α-hetero) is 1. The second-order valence-electron chi connectivity index (χ2n) is 9.44. The van der Waals surface area contributed by atoms with Gasteiger partial charge in [0.1, 0.15) is 18.0 Å². The molecule has 0 saturated carbocycles. The van der Waals surface area contributed by atoms with Gasteiger partial charge >= 0.3 is 0 Å². The predicted molar refractivity (Wildman–Crippen MR) is 131 cm³/mol. The fraction of sp³-hybridized carbons (Fsp3) is 0.429. The van der Waals surface area contributed by atoms with E-state index in [1.54, 1.807) is 18.2 Å². The number of amides is 1. The third kappa shape index (κ3) is 5.62. The highest BCUT2D eigenvalue weighted by molar-refractivity contribution is 6.04. The van der Waals surface area contributed by atoms with Crippen molar-refractivity contribution >= 4 is 11.7 Å². The van der Waals surface area contributed by atoms with Crippen LogP contribution in [0.5, 0.6) is 0 Å². The second kappa shape index (κ2) is 11.4. The van der Waals surface area contributed by atoms with Crippen molar-refractivity contribution < 1.29 is 18.7 Å². The zero-order valence-corrected chi connectivity index (χ0v) is 20.3. The summed E-state index contributed by atoms with van der Waals surface area (Å²) in [6, 6.07) is 11.3. The molecule has 0 bridgehead atoms. The van der Waals surface area contributed by atoms with Gasteiger partial charge in [0.15, 0.2) is 5.78 Å². The van der Waals surface area contributed by atoms with Gasteiger partial charge < -0.3 is 15.4 Å². The van der Waals surface area contributed by atoms with Crippen molar-refractivity contribution in [2.24, 2.45) is 5.92 Å². The molecule has 1 aliphatic carbocycles. The average molecular weight is 489 g/mol. The summed E-state index contributed by atoms with van der Waals surface area (Å²) in [7, 11) is 0. The van der Waals surface area contributed by atoms with Crippen molar-refractivity contribution in [1.82, 2.24) is 10.6 Å². The first kappa shape index (κ1) is 25.5. The Kier molecular flexibility index (Phi) is 8.10. The van der Waals surface area contributed by atoms with Gasteiger partial charge in [-0.25, -0.2) is 4.39 Å². The minimum atomic E-state index is -0.980. The molecule has 0 spiro atoms. The molecule has 1 fully saturated rings. The van der Waals surface area contributed by atoms with E-state index in [9.17, 15) is 20.1 Å². The van der Waals surface area contributed by atoms with Gasteiger partial charge in [-0.15, -0.1) is 0 Å². The molecule has 4 rings (SSSR count). The van der Waals surface area contributed by atoms with E-state index in [1.807, 2.05) is 13.0 Å². The molecule has 8 heteroatoms. The average Bonchev–Trinajstić information content (AvgIpc) is 3.16. The van der Waals surface area contributed by atoms with Gasteiger partial charge in [0.05, 0.1) is 17.7 Å². The van der Waals surface area contributed by atoms with Crippen LogP contribution in [0.25, 0.3) is 11.1 Å². The molecule has 2 aliphatic rings. The lowest BCUT2D eigenvalue weighted by Gasteiger charge is -2.19.